The van der Waals surface area contributed by atoms with Crippen LogP contribution in [0.4, 0.5) is 4.79 Å². The maximum Gasteiger partial charge on any atom is 0.410 e. The zero-order valence-corrected chi connectivity index (χ0v) is 24.3. The van der Waals surface area contributed by atoms with Crippen LogP contribution in [0.2, 0.25) is 35.7 Å². The molecule has 198 valence electrons. The van der Waals surface area contributed by atoms with Gasteiger partial charge in [0.1, 0.15) is 19.2 Å². The molecule has 1 fully saturated rings. The van der Waals surface area contributed by atoms with E-state index in [2.05, 4.69) is 24.2 Å². The van der Waals surface area contributed by atoms with Gasteiger partial charge in [0.2, 0.25) is 0 Å². The van der Waals surface area contributed by atoms with Gasteiger partial charge >= 0.3 is 6.09 Å². The van der Waals surface area contributed by atoms with Crippen LogP contribution in [0.15, 0.2) is 54.7 Å². The van der Waals surface area contributed by atoms with Crippen LogP contribution < -0.4 is 0 Å². The third kappa shape index (κ3) is 7.83. The highest BCUT2D eigenvalue weighted by Crippen LogP contribution is 2.33. The Morgan fingerprint density at radius 3 is 2.38 bits per heavy atom. The first-order valence-electron chi connectivity index (χ1n) is 12.7. The fraction of sp³-hybridized carbons (Fsp3) is 0.429. The van der Waals surface area contributed by atoms with Gasteiger partial charge in [0.05, 0.1) is 11.9 Å². The third-order valence-electron chi connectivity index (χ3n) is 6.58. The summed E-state index contributed by atoms with van der Waals surface area (Å²) in [6, 6.07) is 16.4. The standard InChI is InChI=1S/C28H35Cl2N3O3Si/c1-37(2,3)14-13-35-20-33-26(23-15-24(29)17-25(30)16-23)18-31-27(33)22-9-11-32(12-10-22)28(34)36-19-21-7-5-4-6-8-21/h4-8,15-18,22H,9-14,19-20H2,1-3H3. The van der Waals surface area contributed by atoms with Crippen molar-refractivity contribution in [3.63, 3.8) is 0 Å². The van der Waals surface area contributed by atoms with Crippen molar-refractivity contribution >= 4 is 37.4 Å². The van der Waals surface area contributed by atoms with Crippen LogP contribution in [-0.2, 0) is 22.8 Å². The lowest BCUT2D eigenvalue weighted by Crippen LogP contribution is -2.38. The SMILES string of the molecule is C[Si](C)(C)CCOCn1c(-c2cc(Cl)cc(Cl)c2)cnc1C1CCN(C(=O)OCc2ccccc2)CC1. The quantitative estimate of drug-likeness (QED) is 0.199. The molecule has 1 aliphatic heterocycles. The summed E-state index contributed by atoms with van der Waals surface area (Å²) in [4.78, 5) is 19.2. The summed E-state index contributed by atoms with van der Waals surface area (Å²) in [5.41, 5.74) is 2.82. The normalized spacial score (nSPS) is 14.7. The summed E-state index contributed by atoms with van der Waals surface area (Å²) >= 11 is 12.6. The predicted octanol–water partition coefficient (Wildman–Crippen LogP) is 7.69. The molecule has 1 aromatic heterocycles. The van der Waals surface area contributed by atoms with E-state index >= 15 is 0 Å². The van der Waals surface area contributed by atoms with Crippen molar-refractivity contribution in [1.29, 1.82) is 0 Å². The van der Waals surface area contributed by atoms with Crippen molar-refractivity contribution in [3.8, 4) is 11.3 Å². The molecule has 1 saturated heterocycles. The summed E-state index contributed by atoms with van der Waals surface area (Å²) in [7, 11) is -1.20. The van der Waals surface area contributed by atoms with Crippen LogP contribution in [0.1, 0.15) is 30.1 Å². The summed E-state index contributed by atoms with van der Waals surface area (Å²) in [6.45, 7) is 9.70. The highest BCUT2D eigenvalue weighted by Gasteiger charge is 2.28. The molecule has 0 aliphatic carbocycles. The van der Waals surface area contributed by atoms with Crippen molar-refractivity contribution in [1.82, 2.24) is 14.5 Å². The molecule has 6 nitrogen and oxygen atoms in total. The molecular weight excluding hydrogens is 525 g/mol. The van der Waals surface area contributed by atoms with Gasteiger partial charge in [-0.05, 0) is 42.6 Å². The number of ether oxygens (including phenoxy) is 2. The lowest BCUT2D eigenvalue weighted by atomic mass is 9.96. The molecule has 37 heavy (non-hydrogen) atoms. The maximum absolute atomic E-state index is 12.6. The van der Waals surface area contributed by atoms with Gasteiger partial charge in [-0.1, -0.05) is 73.2 Å². The van der Waals surface area contributed by atoms with E-state index < -0.39 is 8.07 Å². The molecule has 2 aromatic carbocycles. The smallest absolute Gasteiger partial charge is 0.410 e. The molecule has 0 radical (unpaired) electrons. The Balaban J connectivity index is 1.44. The van der Waals surface area contributed by atoms with E-state index in [1.807, 2.05) is 48.7 Å². The Hall–Kier alpha value is -2.32. The van der Waals surface area contributed by atoms with Crippen molar-refractivity contribution in [2.45, 2.75) is 57.8 Å². The van der Waals surface area contributed by atoms with Gasteiger partial charge in [0.15, 0.2) is 0 Å². The number of nitrogens with zero attached hydrogens (tertiary/aromatic N) is 3. The maximum atomic E-state index is 12.6. The Morgan fingerprint density at radius 1 is 1.05 bits per heavy atom. The van der Waals surface area contributed by atoms with E-state index in [9.17, 15) is 4.79 Å². The van der Waals surface area contributed by atoms with Crippen molar-refractivity contribution in [3.05, 3.63) is 76.2 Å². The van der Waals surface area contributed by atoms with E-state index in [0.29, 0.717) is 29.9 Å². The monoisotopic (exact) mass is 559 g/mol. The number of benzene rings is 2. The van der Waals surface area contributed by atoms with Crippen molar-refractivity contribution in [2.24, 2.45) is 0 Å². The molecule has 0 unspecified atom stereocenters. The number of piperidine rings is 1. The average Bonchev–Trinajstić information content (AvgIpc) is 3.28. The minimum atomic E-state index is -1.20. The van der Waals surface area contributed by atoms with Gasteiger partial charge in [-0.2, -0.15) is 0 Å². The van der Waals surface area contributed by atoms with Crippen LogP contribution in [-0.4, -0.2) is 48.3 Å². The van der Waals surface area contributed by atoms with Crippen molar-refractivity contribution < 1.29 is 14.3 Å². The van der Waals surface area contributed by atoms with Crippen LogP contribution in [0.25, 0.3) is 11.3 Å². The predicted molar refractivity (Wildman–Crippen MR) is 152 cm³/mol. The lowest BCUT2D eigenvalue weighted by Gasteiger charge is -2.31. The van der Waals surface area contributed by atoms with Gasteiger partial charge in [0.25, 0.3) is 0 Å². The fourth-order valence-corrected chi connectivity index (χ4v) is 5.73. The minimum Gasteiger partial charge on any atom is -0.445 e. The first kappa shape index (κ1) is 27.7. The molecule has 0 bridgehead atoms. The number of hydrogen-bond donors (Lipinski definition) is 0. The highest BCUT2D eigenvalue weighted by molar-refractivity contribution is 6.76. The first-order chi connectivity index (χ1) is 17.7. The number of carbonyl (C=O) groups is 1. The Morgan fingerprint density at radius 2 is 1.73 bits per heavy atom. The Kier molecular flexibility index (Phi) is 9.35. The number of hydrogen-bond acceptors (Lipinski definition) is 4. The highest BCUT2D eigenvalue weighted by atomic mass is 35.5. The zero-order chi connectivity index (χ0) is 26.4. The molecule has 1 amide bonds. The number of halogens is 2. The van der Waals surface area contributed by atoms with Crippen molar-refractivity contribution in [2.75, 3.05) is 19.7 Å². The molecule has 1 aliphatic rings. The fourth-order valence-electron chi connectivity index (χ4n) is 4.45. The van der Waals surface area contributed by atoms with Crippen LogP contribution >= 0.6 is 23.2 Å². The third-order valence-corrected chi connectivity index (χ3v) is 8.73. The lowest BCUT2D eigenvalue weighted by molar-refractivity contribution is 0.0784. The van der Waals surface area contributed by atoms with E-state index in [0.717, 1.165) is 48.1 Å². The summed E-state index contributed by atoms with van der Waals surface area (Å²) < 4.78 is 13.8. The van der Waals surface area contributed by atoms with E-state index in [1.165, 1.54) is 0 Å². The summed E-state index contributed by atoms with van der Waals surface area (Å²) in [6.07, 6.45) is 3.22. The number of likely N-dealkylation sites (tertiary alicyclic amines) is 1. The molecular formula is C28H35Cl2N3O3Si. The van der Waals surface area contributed by atoms with Crippen LogP contribution in [0.3, 0.4) is 0 Å². The second-order valence-electron chi connectivity index (χ2n) is 10.7. The molecule has 9 heteroatoms. The second-order valence-corrected chi connectivity index (χ2v) is 17.2. The van der Waals surface area contributed by atoms with E-state index in [-0.39, 0.29) is 18.6 Å². The largest absolute Gasteiger partial charge is 0.445 e. The molecule has 0 spiro atoms. The minimum absolute atomic E-state index is 0.210. The topological polar surface area (TPSA) is 56.6 Å². The van der Waals surface area contributed by atoms with Gasteiger partial charge < -0.3 is 18.9 Å². The number of rotatable bonds is 9. The molecule has 0 saturated carbocycles. The molecule has 4 rings (SSSR count). The van der Waals surface area contributed by atoms with E-state index in [4.69, 9.17) is 37.7 Å². The summed E-state index contributed by atoms with van der Waals surface area (Å²) in [5.74, 6) is 1.18. The second kappa shape index (κ2) is 12.5. The van der Waals surface area contributed by atoms with Crippen LogP contribution in [0.5, 0.6) is 0 Å². The number of aromatic nitrogens is 2. The molecule has 0 atom stereocenters. The zero-order valence-electron chi connectivity index (χ0n) is 21.8. The van der Waals surface area contributed by atoms with Gasteiger partial charge in [-0.15, -0.1) is 0 Å². The van der Waals surface area contributed by atoms with Gasteiger partial charge in [-0.3, -0.25) is 0 Å². The van der Waals surface area contributed by atoms with Crippen LogP contribution in [0, 0.1) is 0 Å². The molecule has 0 N–H and O–H groups in total. The Bertz CT molecular complexity index is 1170. The number of imidazole rings is 1. The van der Waals surface area contributed by atoms with E-state index in [1.54, 1.807) is 11.0 Å². The molecule has 3 aromatic rings. The Labute approximate surface area is 230 Å². The van der Waals surface area contributed by atoms with Gasteiger partial charge in [0, 0.05) is 49.3 Å². The molecule has 2 heterocycles. The number of carbonyl (C=O) groups excluding carboxylic acids is 1. The number of amides is 1. The first-order valence-corrected chi connectivity index (χ1v) is 17.2. The summed E-state index contributed by atoms with van der Waals surface area (Å²) in [5, 5.41) is 1.16. The van der Waals surface area contributed by atoms with Gasteiger partial charge in [-0.25, -0.2) is 9.78 Å². The average molecular weight is 561 g/mol.